The SMILES string of the molecule is Cc1cc(C(O)CC2=CCCC2)co1. The quantitative estimate of drug-likeness (QED) is 0.746. The summed E-state index contributed by atoms with van der Waals surface area (Å²) in [5, 5.41) is 9.89. The second kappa shape index (κ2) is 4.01. The van der Waals surface area contributed by atoms with Crippen molar-refractivity contribution in [3.8, 4) is 0 Å². The lowest BCUT2D eigenvalue weighted by Crippen LogP contribution is -1.96. The first kappa shape index (κ1) is 9.53. The number of aliphatic hydroxyl groups excluding tert-OH is 1. The van der Waals surface area contributed by atoms with Crippen molar-refractivity contribution in [2.45, 2.75) is 38.7 Å². The molecule has 0 bridgehead atoms. The summed E-state index contributed by atoms with van der Waals surface area (Å²) in [5.74, 6) is 0.861. The fourth-order valence-corrected chi connectivity index (χ4v) is 1.93. The molecule has 1 aromatic heterocycles. The summed E-state index contributed by atoms with van der Waals surface area (Å²) in [7, 11) is 0. The fourth-order valence-electron chi connectivity index (χ4n) is 1.93. The third-order valence-corrected chi connectivity index (χ3v) is 2.73. The smallest absolute Gasteiger partial charge is 0.101 e. The summed E-state index contributed by atoms with van der Waals surface area (Å²) in [6.45, 7) is 1.89. The fraction of sp³-hybridized carbons (Fsp3) is 0.500. The monoisotopic (exact) mass is 192 g/mol. The topological polar surface area (TPSA) is 33.4 Å². The van der Waals surface area contributed by atoms with Crippen LogP contribution in [-0.4, -0.2) is 5.11 Å². The van der Waals surface area contributed by atoms with E-state index in [0.29, 0.717) is 0 Å². The number of furan rings is 1. The Labute approximate surface area is 84.2 Å². The molecule has 2 heteroatoms. The van der Waals surface area contributed by atoms with Gasteiger partial charge < -0.3 is 9.52 Å². The van der Waals surface area contributed by atoms with Crippen LogP contribution in [0.25, 0.3) is 0 Å². The van der Waals surface area contributed by atoms with Gasteiger partial charge in [-0.1, -0.05) is 11.6 Å². The Kier molecular flexibility index (Phi) is 2.73. The maximum absolute atomic E-state index is 9.89. The van der Waals surface area contributed by atoms with Gasteiger partial charge in [0.1, 0.15) is 5.76 Å². The summed E-state index contributed by atoms with van der Waals surface area (Å²) in [6, 6.07) is 1.90. The van der Waals surface area contributed by atoms with Gasteiger partial charge in [-0.3, -0.25) is 0 Å². The number of allylic oxidation sites excluding steroid dienone is 1. The first-order valence-corrected chi connectivity index (χ1v) is 5.17. The Balaban J connectivity index is 1.98. The number of aryl methyl sites for hydroxylation is 1. The third-order valence-electron chi connectivity index (χ3n) is 2.73. The molecule has 1 heterocycles. The van der Waals surface area contributed by atoms with Crippen molar-refractivity contribution in [2.75, 3.05) is 0 Å². The molecule has 0 aliphatic heterocycles. The Morgan fingerprint density at radius 1 is 1.57 bits per heavy atom. The highest BCUT2D eigenvalue weighted by Crippen LogP contribution is 2.28. The summed E-state index contributed by atoms with van der Waals surface area (Å²) >= 11 is 0. The summed E-state index contributed by atoms with van der Waals surface area (Å²) in [5.41, 5.74) is 2.28. The molecule has 1 atom stereocenters. The molecule has 1 unspecified atom stereocenters. The van der Waals surface area contributed by atoms with Crippen molar-refractivity contribution >= 4 is 0 Å². The molecule has 1 aromatic rings. The number of hydrogen-bond donors (Lipinski definition) is 1. The van der Waals surface area contributed by atoms with Crippen molar-refractivity contribution < 1.29 is 9.52 Å². The zero-order chi connectivity index (χ0) is 9.97. The van der Waals surface area contributed by atoms with Crippen molar-refractivity contribution in [3.63, 3.8) is 0 Å². The lowest BCUT2D eigenvalue weighted by atomic mass is 10.0. The Hall–Kier alpha value is -1.02. The number of rotatable bonds is 3. The molecule has 0 saturated carbocycles. The lowest BCUT2D eigenvalue weighted by molar-refractivity contribution is 0.176. The van der Waals surface area contributed by atoms with Gasteiger partial charge in [0.05, 0.1) is 12.4 Å². The van der Waals surface area contributed by atoms with Gasteiger partial charge in [-0.2, -0.15) is 0 Å². The van der Waals surface area contributed by atoms with Crippen LogP contribution in [0, 0.1) is 6.92 Å². The summed E-state index contributed by atoms with van der Waals surface area (Å²) in [4.78, 5) is 0. The van der Waals surface area contributed by atoms with E-state index in [-0.39, 0.29) is 0 Å². The molecular weight excluding hydrogens is 176 g/mol. The molecule has 0 radical (unpaired) electrons. The maximum Gasteiger partial charge on any atom is 0.101 e. The average molecular weight is 192 g/mol. The van der Waals surface area contributed by atoms with E-state index in [1.807, 2.05) is 13.0 Å². The first-order chi connectivity index (χ1) is 6.75. The molecule has 2 rings (SSSR count). The zero-order valence-corrected chi connectivity index (χ0v) is 8.49. The third kappa shape index (κ3) is 2.07. The van der Waals surface area contributed by atoms with E-state index < -0.39 is 6.10 Å². The highest BCUT2D eigenvalue weighted by molar-refractivity contribution is 5.18. The van der Waals surface area contributed by atoms with Crippen molar-refractivity contribution in [1.29, 1.82) is 0 Å². The van der Waals surface area contributed by atoms with Crippen LogP contribution in [0.5, 0.6) is 0 Å². The second-order valence-electron chi connectivity index (χ2n) is 3.97. The highest BCUT2D eigenvalue weighted by atomic mass is 16.3. The minimum absolute atomic E-state index is 0.392. The molecule has 1 N–H and O–H groups in total. The van der Waals surface area contributed by atoms with Crippen LogP contribution < -0.4 is 0 Å². The molecule has 76 valence electrons. The minimum Gasteiger partial charge on any atom is -0.469 e. The molecule has 1 aliphatic rings. The van der Waals surface area contributed by atoms with Crippen LogP contribution in [0.1, 0.15) is 43.1 Å². The predicted molar refractivity (Wildman–Crippen MR) is 55.0 cm³/mol. The normalized spacial score (nSPS) is 18.3. The van der Waals surface area contributed by atoms with Gasteiger partial charge in [0.2, 0.25) is 0 Å². The molecule has 1 aliphatic carbocycles. The number of hydrogen-bond acceptors (Lipinski definition) is 2. The van der Waals surface area contributed by atoms with Crippen LogP contribution in [0.4, 0.5) is 0 Å². The largest absolute Gasteiger partial charge is 0.469 e. The van der Waals surface area contributed by atoms with E-state index >= 15 is 0 Å². The zero-order valence-electron chi connectivity index (χ0n) is 8.49. The number of aliphatic hydroxyl groups is 1. The Morgan fingerprint density at radius 3 is 3.00 bits per heavy atom. The van der Waals surface area contributed by atoms with E-state index in [0.717, 1.165) is 24.2 Å². The highest BCUT2D eigenvalue weighted by Gasteiger charge is 2.14. The van der Waals surface area contributed by atoms with Crippen LogP contribution in [0.3, 0.4) is 0 Å². The van der Waals surface area contributed by atoms with E-state index in [1.165, 1.54) is 18.4 Å². The summed E-state index contributed by atoms with van der Waals surface area (Å²) in [6.07, 6.45) is 7.83. The van der Waals surface area contributed by atoms with E-state index in [1.54, 1.807) is 6.26 Å². The molecule has 0 spiro atoms. The molecule has 0 saturated heterocycles. The average Bonchev–Trinajstić information content (AvgIpc) is 2.75. The molecular formula is C12H16O2. The van der Waals surface area contributed by atoms with Crippen LogP contribution >= 0.6 is 0 Å². The van der Waals surface area contributed by atoms with Crippen molar-refractivity contribution in [3.05, 3.63) is 35.3 Å². The molecule has 0 aromatic carbocycles. The van der Waals surface area contributed by atoms with Crippen LogP contribution in [0.15, 0.2) is 28.4 Å². The van der Waals surface area contributed by atoms with Crippen LogP contribution in [-0.2, 0) is 0 Å². The van der Waals surface area contributed by atoms with Gasteiger partial charge >= 0.3 is 0 Å². The van der Waals surface area contributed by atoms with Gasteiger partial charge in [0.25, 0.3) is 0 Å². The minimum atomic E-state index is -0.392. The van der Waals surface area contributed by atoms with E-state index in [2.05, 4.69) is 6.08 Å². The standard InChI is InChI=1S/C12H16O2/c1-9-6-11(8-14-9)12(13)7-10-4-2-3-5-10/h4,6,8,12-13H,2-3,5,7H2,1H3. The van der Waals surface area contributed by atoms with Gasteiger partial charge in [-0.15, -0.1) is 0 Å². The molecule has 0 fully saturated rings. The van der Waals surface area contributed by atoms with E-state index in [4.69, 9.17) is 4.42 Å². The van der Waals surface area contributed by atoms with Crippen LogP contribution in [0.2, 0.25) is 0 Å². The molecule has 2 nitrogen and oxygen atoms in total. The van der Waals surface area contributed by atoms with Gasteiger partial charge in [-0.05, 0) is 38.7 Å². The van der Waals surface area contributed by atoms with Crippen molar-refractivity contribution in [1.82, 2.24) is 0 Å². The lowest BCUT2D eigenvalue weighted by Gasteiger charge is -2.08. The summed E-state index contributed by atoms with van der Waals surface area (Å²) < 4.78 is 5.17. The van der Waals surface area contributed by atoms with E-state index in [9.17, 15) is 5.11 Å². The Bertz CT molecular complexity index is 336. The molecule has 14 heavy (non-hydrogen) atoms. The predicted octanol–water partition coefficient (Wildman–Crippen LogP) is 3.12. The van der Waals surface area contributed by atoms with Gasteiger partial charge in [0.15, 0.2) is 0 Å². The van der Waals surface area contributed by atoms with Crippen molar-refractivity contribution in [2.24, 2.45) is 0 Å². The van der Waals surface area contributed by atoms with Gasteiger partial charge in [0, 0.05) is 5.56 Å². The second-order valence-corrected chi connectivity index (χ2v) is 3.97. The first-order valence-electron chi connectivity index (χ1n) is 5.17. The van der Waals surface area contributed by atoms with Gasteiger partial charge in [-0.25, -0.2) is 0 Å². The Morgan fingerprint density at radius 2 is 2.43 bits per heavy atom. The molecule has 0 amide bonds. The maximum atomic E-state index is 9.89.